The third-order valence-corrected chi connectivity index (χ3v) is 2.85. The van der Waals surface area contributed by atoms with E-state index in [1.807, 2.05) is 30.3 Å². The van der Waals surface area contributed by atoms with Crippen LogP contribution in [0.15, 0.2) is 30.3 Å². The molecule has 7 nitrogen and oxygen atoms in total. The molecule has 0 spiro atoms. The van der Waals surface area contributed by atoms with Crippen molar-refractivity contribution in [3.05, 3.63) is 57.4 Å². The van der Waals surface area contributed by atoms with Crippen molar-refractivity contribution >= 4 is 11.6 Å². The summed E-state index contributed by atoms with van der Waals surface area (Å²) in [4.78, 5) is 22.1. The van der Waals surface area contributed by atoms with E-state index in [2.05, 4.69) is 15.5 Å². The van der Waals surface area contributed by atoms with Gasteiger partial charge in [0.1, 0.15) is 5.69 Å². The van der Waals surface area contributed by atoms with Crippen LogP contribution < -0.4 is 5.32 Å². The molecule has 0 aliphatic heterocycles. The largest absolute Gasteiger partial charge is 0.350 e. The Morgan fingerprint density at radius 2 is 2.10 bits per heavy atom. The Morgan fingerprint density at radius 1 is 1.40 bits per heavy atom. The van der Waals surface area contributed by atoms with Gasteiger partial charge in [-0.05, 0) is 18.9 Å². The SMILES string of the molecule is Cc1[nH]nc(C(=O)NCCc2ccccc2)c1[N+](=O)[O-]. The number of benzene rings is 1. The first kappa shape index (κ1) is 13.7. The van der Waals surface area contributed by atoms with Crippen LogP contribution in [0.2, 0.25) is 0 Å². The van der Waals surface area contributed by atoms with Gasteiger partial charge >= 0.3 is 5.69 Å². The molecule has 0 unspecified atom stereocenters. The number of H-pyrrole nitrogens is 1. The summed E-state index contributed by atoms with van der Waals surface area (Å²) in [6.07, 6.45) is 0.657. The molecular formula is C13H14N4O3. The number of nitrogens with zero attached hydrogens (tertiary/aromatic N) is 2. The molecule has 0 saturated heterocycles. The number of carbonyl (C=O) groups excluding carboxylic acids is 1. The zero-order chi connectivity index (χ0) is 14.5. The number of nitro groups is 1. The molecule has 0 fully saturated rings. The monoisotopic (exact) mass is 274 g/mol. The van der Waals surface area contributed by atoms with Crippen LogP contribution in [0.1, 0.15) is 21.7 Å². The van der Waals surface area contributed by atoms with E-state index >= 15 is 0 Å². The van der Waals surface area contributed by atoms with Crippen LogP contribution in [0, 0.1) is 17.0 Å². The Labute approximate surface area is 115 Å². The molecule has 2 N–H and O–H groups in total. The lowest BCUT2D eigenvalue weighted by atomic mass is 10.1. The van der Waals surface area contributed by atoms with Crippen LogP contribution >= 0.6 is 0 Å². The third kappa shape index (κ3) is 3.00. The quantitative estimate of drug-likeness (QED) is 0.638. The normalized spacial score (nSPS) is 10.2. The first-order chi connectivity index (χ1) is 9.59. The Balaban J connectivity index is 1.97. The topological polar surface area (TPSA) is 101 Å². The first-order valence-corrected chi connectivity index (χ1v) is 6.11. The number of hydrogen-bond donors (Lipinski definition) is 2. The van der Waals surface area contributed by atoms with Crippen LogP contribution in [-0.4, -0.2) is 27.6 Å². The minimum absolute atomic E-state index is 0.180. The van der Waals surface area contributed by atoms with E-state index in [0.29, 0.717) is 13.0 Å². The second-order valence-electron chi connectivity index (χ2n) is 4.29. The predicted octanol–water partition coefficient (Wildman–Crippen LogP) is 1.60. The van der Waals surface area contributed by atoms with Crippen molar-refractivity contribution in [2.75, 3.05) is 6.54 Å². The number of aromatic nitrogens is 2. The Kier molecular flexibility index (Phi) is 4.09. The Bertz CT molecular complexity index is 622. The van der Waals surface area contributed by atoms with Crippen molar-refractivity contribution in [2.45, 2.75) is 13.3 Å². The highest BCUT2D eigenvalue weighted by molar-refractivity contribution is 5.96. The summed E-state index contributed by atoms with van der Waals surface area (Å²) in [5.74, 6) is -0.544. The van der Waals surface area contributed by atoms with Crippen molar-refractivity contribution in [2.24, 2.45) is 0 Å². The van der Waals surface area contributed by atoms with Gasteiger partial charge in [0, 0.05) is 6.54 Å². The fourth-order valence-electron chi connectivity index (χ4n) is 1.85. The summed E-state index contributed by atoms with van der Waals surface area (Å²) in [5, 5.41) is 19.6. The van der Waals surface area contributed by atoms with Crippen LogP contribution in [0.5, 0.6) is 0 Å². The second kappa shape index (κ2) is 5.96. The zero-order valence-electron chi connectivity index (χ0n) is 10.9. The molecule has 0 bridgehead atoms. The minimum atomic E-state index is -0.606. The van der Waals surface area contributed by atoms with Gasteiger partial charge in [0.15, 0.2) is 0 Å². The van der Waals surface area contributed by atoms with Crippen LogP contribution in [0.4, 0.5) is 5.69 Å². The standard InChI is InChI=1S/C13H14N4O3/c1-9-12(17(19)20)11(16-15-9)13(18)14-8-7-10-5-3-2-4-6-10/h2-6H,7-8H2,1H3,(H,14,18)(H,15,16). The molecule has 1 heterocycles. The molecule has 2 aromatic rings. The van der Waals surface area contributed by atoms with Crippen molar-refractivity contribution < 1.29 is 9.72 Å². The summed E-state index contributed by atoms with van der Waals surface area (Å²) in [6, 6.07) is 9.65. The highest BCUT2D eigenvalue weighted by atomic mass is 16.6. The van der Waals surface area contributed by atoms with Crippen molar-refractivity contribution in [1.82, 2.24) is 15.5 Å². The van der Waals surface area contributed by atoms with Gasteiger partial charge in [0.05, 0.1) is 4.92 Å². The maximum atomic E-state index is 11.9. The lowest BCUT2D eigenvalue weighted by Crippen LogP contribution is -2.26. The molecule has 20 heavy (non-hydrogen) atoms. The maximum absolute atomic E-state index is 11.9. The first-order valence-electron chi connectivity index (χ1n) is 6.11. The Hall–Kier alpha value is -2.70. The van der Waals surface area contributed by atoms with Gasteiger partial charge in [-0.3, -0.25) is 20.0 Å². The third-order valence-electron chi connectivity index (χ3n) is 2.85. The van der Waals surface area contributed by atoms with Crippen molar-refractivity contribution in [1.29, 1.82) is 0 Å². The number of nitrogens with one attached hydrogen (secondary N) is 2. The molecule has 0 atom stereocenters. The van der Waals surface area contributed by atoms with Gasteiger partial charge in [-0.25, -0.2) is 0 Å². The lowest BCUT2D eigenvalue weighted by Gasteiger charge is -2.03. The summed E-state index contributed by atoms with van der Waals surface area (Å²) >= 11 is 0. The molecule has 0 saturated carbocycles. The van der Waals surface area contributed by atoms with Gasteiger partial charge in [0.25, 0.3) is 5.91 Å². The van der Waals surface area contributed by atoms with Gasteiger partial charge in [-0.15, -0.1) is 0 Å². The molecule has 0 radical (unpaired) electrons. The number of hydrogen-bond acceptors (Lipinski definition) is 4. The number of aromatic amines is 1. The van der Waals surface area contributed by atoms with Crippen molar-refractivity contribution in [3.63, 3.8) is 0 Å². The molecule has 104 valence electrons. The van der Waals surface area contributed by atoms with E-state index in [1.165, 1.54) is 6.92 Å². The fraction of sp³-hybridized carbons (Fsp3) is 0.231. The van der Waals surface area contributed by atoms with Crippen LogP contribution in [-0.2, 0) is 6.42 Å². The predicted molar refractivity (Wildman–Crippen MR) is 72.5 cm³/mol. The van der Waals surface area contributed by atoms with Gasteiger partial charge in [-0.2, -0.15) is 5.10 Å². The van der Waals surface area contributed by atoms with Crippen LogP contribution in [0.3, 0.4) is 0 Å². The molecule has 7 heteroatoms. The molecular weight excluding hydrogens is 260 g/mol. The molecule has 0 aliphatic carbocycles. The zero-order valence-corrected chi connectivity index (χ0v) is 10.9. The fourth-order valence-corrected chi connectivity index (χ4v) is 1.85. The number of amides is 1. The van der Waals surface area contributed by atoms with E-state index in [9.17, 15) is 14.9 Å². The summed E-state index contributed by atoms with van der Waals surface area (Å²) < 4.78 is 0. The van der Waals surface area contributed by atoms with Gasteiger partial charge in [0.2, 0.25) is 5.69 Å². The number of carbonyl (C=O) groups is 1. The number of aryl methyl sites for hydroxylation is 1. The van der Waals surface area contributed by atoms with E-state index in [0.717, 1.165) is 5.56 Å². The second-order valence-corrected chi connectivity index (χ2v) is 4.29. The minimum Gasteiger partial charge on any atom is -0.350 e. The average Bonchev–Trinajstić information content (AvgIpc) is 2.82. The average molecular weight is 274 g/mol. The highest BCUT2D eigenvalue weighted by Crippen LogP contribution is 2.19. The van der Waals surface area contributed by atoms with Gasteiger partial charge in [-0.1, -0.05) is 30.3 Å². The summed E-state index contributed by atoms with van der Waals surface area (Å²) in [5.41, 5.74) is 0.895. The Morgan fingerprint density at radius 3 is 2.75 bits per heavy atom. The van der Waals surface area contributed by atoms with Crippen molar-refractivity contribution in [3.8, 4) is 0 Å². The number of rotatable bonds is 5. The lowest BCUT2D eigenvalue weighted by molar-refractivity contribution is -0.385. The molecule has 2 rings (SSSR count). The molecule has 1 aromatic carbocycles. The maximum Gasteiger partial charge on any atom is 0.322 e. The summed E-state index contributed by atoms with van der Waals surface area (Å²) in [6.45, 7) is 1.90. The van der Waals surface area contributed by atoms with E-state index in [1.54, 1.807) is 0 Å². The van der Waals surface area contributed by atoms with Crippen LogP contribution in [0.25, 0.3) is 0 Å². The summed E-state index contributed by atoms with van der Waals surface area (Å²) in [7, 11) is 0. The van der Waals surface area contributed by atoms with Gasteiger partial charge < -0.3 is 5.32 Å². The van der Waals surface area contributed by atoms with E-state index in [-0.39, 0.29) is 17.1 Å². The van der Waals surface area contributed by atoms with E-state index in [4.69, 9.17) is 0 Å². The molecule has 1 aromatic heterocycles. The smallest absolute Gasteiger partial charge is 0.322 e. The van der Waals surface area contributed by atoms with E-state index < -0.39 is 10.8 Å². The molecule has 1 amide bonds. The molecule has 0 aliphatic rings. The highest BCUT2D eigenvalue weighted by Gasteiger charge is 2.26.